The van der Waals surface area contributed by atoms with Gasteiger partial charge in [-0.2, -0.15) is 0 Å². The summed E-state index contributed by atoms with van der Waals surface area (Å²) in [5.74, 6) is 0.526. The van der Waals surface area contributed by atoms with Crippen LogP contribution >= 0.6 is 12.2 Å². The Morgan fingerprint density at radius 3 is 2.63 bits per heavy atom. The standard InChI is InChI=1S/C23H23N3O3S/c1-26-18-8-5-9-19(27)21(18)22(25-23(26)30)15-10-12-17(13-11-15)29-14-20(28)24-16-6-3-2-4-7-16/h2-4,6-7,10-13,22H,5,8-9,14H2,1H3,(H,24,28)(H,25,30). The van der Waals surface area contributed by atoms with Crippen molar-refractivity contribution in [3.63, 3.8) is 0 Å². The summed E-state index contributed by atoms with van der Waals surface area (Å²) < 4.78 is 5.60. The first-order valence-corrected chi connectivity index (χ1v) is 10.3. The number of amides is 1. The van der Waals surface area contributed by atoms with Crippen molar-refractivity contribution in [2.45, 2.75) is 25.3 Å². The van der Waals surface area contributed by atoms with Crippen LogP contribution in [0.4, 0.5) is 5.69 Å². The SMILES string of the molecule is CN1C(=S)NC(c2ccc(OCC(=O)Nc3ccccc3)cc2)C2=C1CCCC2=O. The molecule has 2 N–H and O–H groups in total. The van der Waals surface area contributed by atoms with Crippen molar-refractivity contribution in [3.8, 4) is 5.75 Å². The number of benzene rings is 2. The molecule has 4 rings (SSSR count). The fourth-order valence-electron chi connectivity index (χ4n) is 3.81. The van der Waals surface area contributed by atoms with Gasteiger partial charge in [-0.3, -0.25) is 9.59 Å². The number of hydrogen-bond acceptors (Lipinski definition) is 4. The lowest BCUT2D eigenvalue weighted by Gasteiger charge is -2.39. The summed E-state index contributed by atoms with van der Waals surface area (Å²) in [6.07, 6.45) is 2.28. The van der Waals surface area contributed by atoms with Gasteiger partial charge in [-0.05, 0) is 54.9 Å². The molecule has 7 heteroatoms. The second-order valence-electron chi connectivity index (χ2n) is 7.35. The summed E-state index contributed by atoms with van der Waals surface area (Å²) >= 11 is 5.46. The Morgan fingerprint density at radius 2 is 1.90 bits per heavy atom. The van der Waals surface area contributed by atoms with Gasteiger partial charge in [-0.25, -0.2) is 0 Å². The molecule has 1 amide bonds. The van der Waals surface area contributed by atoms with Crippen LogP contribution in [-0.2, 0) is 9.59 Å². The van der Waals surface area contributed by atoms with Gasteiger partial charge in [0.15, 0.2) is 17.5 Å². The quantitative estimate of drug-likeness (QED) is 0.720. The molecule has 0 fully saturated rings. The van der Waals surface area contributed by atoms with E-state index in [1.54, 1.807) is 0 Å². The van der Waals surface area contributed by atoms with E-state index < -0.39 is 0 Å². The van der Waals surface area contributed by atoms with E-state index in [-0.39, 0.29) is 24.3 Å². The minimum atomic E-state index is -0.257. The lowest BCUT2D eigenvalue weighted by molar-refractivity contribution is -0.118. The number of Topliss-reactive ketones (excluding diaryl/α,β-unsaturated/α-hetero) is 1. The fraction of sp³-hybridized carbons (Fsp3) is 0.261. The minimum Gasteiger partial charge on any atom is -0.484 e. The van der Waals surface area contributed by atoms with Gasteiger partial charge in [0.25, 0.3) is 5.91 Å². The number of thiocarbonyl (C=S) groups is 1. The molecule has 0 spiro atoms. The number of carbonyl (C=O) groups is 2. The number of allylic oxidation sites excluding steroid dienone is 1. The smallest absolute Gasteiger partial charge is 0.262 e. The molecule has 0 bridgehead atoms. The van der Waals surface area contributed by atoms with E-state index in [0.717, 1.165) is 35.4 Å². The predicted octanol–water partition coefficient (Wildman–Crippen LogP) is 3.57. The van der Waals surface area contributed by atoms with E-state index in [0.29, 0.717) is 17.3 Å². The van der Waals surface area contributed by atoms with E-state index in [2.05, 4.69) is 10.6 Å². The molecule has 1 unspecified atom stereocenters. The monoisotopic (exact) mass is 421 g/mol. The molecule has 2 aromatic rings. The summed E-state index contributed by atoms with van der Waals surface area (Å²) in [4.78, 5) is 26.6. The Morgan fingerprint density at radius 1 is 1.17 bits per heavy atom. The molecular weight excluding hydrogens is 398 g/mol. The molecule has 0 aromatic heterocycles. The maximum absolute atomic E-state index is 12.6. The van der Waals surface area contributed by atoms with Crippen LogP contribution in [0.5, 0.6) is 5.75 Å². The first-order valence-electron chi connectivity index (χ1n) is 9.91. The molecule has 1 heterocycles. The molecule has 1 aliphatic heterocycles. The van der Waals surface area contributed by atoms with Gasteiger partial charge in [0, 0.05) is 30.4 Å². The second-order valence-corrected chi connectivity index (χ2v) is 7.74. The highest BCUT2D eigenvalue weighted by Gasteiger charge is 2.35. The summed E-state index contributed by atoms with van der Waals surface area (Å²) in [5, 5.41) is 6.68. The van der Waals surface area contributed by atoms with Crippen molar-refractivity contribution in [2.24, 2.45) is 0 Å². The Bertz CT molecular complexity index is 1000. The van der Waals surface area contributed by atoms with E-state index in [9.17, 15) is 9.59 Å². The highest BCUT2D eigenvalue weighted by molar-refractivity contribution is 7.80. The molecule has 2 aromatic carbocycles. The molecule has 30 heavy (non-hydrogen) atoms. The van der Waals surface area contributed by atoms with Crippen LogP contribution in [-0.4, -0.2) is 35.4 Å². The summed E-state index contributed by atoms with van der Waals surface area (Å²) in [5.41, 5.74) is 3.48. The molecule has 0 saturated heterocycles. The summed E-state index contributed by atoms with van der Waals surface area (Å²) in [7, 11) is 1.90. The number of ether oxygens (including phenoxy) is 1. The van der Waals surface area contributed by atoms with Crippen molar-refractivity contribution < 1.29 is 14.3 Å². The van der Waals surface area contributed by atoms with Gasteiger partial charge < -0.3 is 20.3 Å². The number of hydrogen-bond donors (Lipinski definition) is 2. The van der Waals surface area contributed by atoms with Crippen molar-refractivity contribution >= 4 is 34.7 Å². The van der Waals surface area contributed by atoms with E-state index >= 15 is 0 Å². The molecule has 0 radical (unpaired) electrons. The average Bonchev–Trinajstić information content (AvgIpc) is 2.76. The zero-order valence-electron chi connectivity index (χ0n) is 16.7. The van der Waals surface area contributed by atoms with Crippen LogP contribution in [0.1, 0.15) is 30.9 Å². The number of para-hydroxylation sites is 1. The summed E-state index contributed by atoms with van der Waals surface area (Å²) in [6.45, 7) is -0.0847. The van der Waals surface area contributed by atoms with Gasteiger partial charge in [-0.15, -0.1) is 0 Å². The largest absolute Gasteiger partial charge is 0.484 e. The van der Waals surface area contributed by atoms with Crippen molar-refractivity contribution in [1.29, 1.82) is 0 Å². The van der Waals surface area contributed by atoms with Crippen molar-refractivity contribution in [3.05, 3.63) is 71.4 Å². The Balaban J connectivity index is 1.44. The van der Waals surface area contributed by atoms with Gasteiger partial charge in [0.1, 0.15) is 5.75 Å². The first-order chi connectivity index (χ1) is 14.5. The molecule has 6 nitrogen and oxygen atoms in total. The van der Waals surface area contributed by atoms with Crippen LogP contribution in [0.15, 0.2) is 65.9 Å². The van der Waals surface area contributed by atoms with Gasteiger partial charge in [0.2, 0.25) is 0 Å². The first kappa shape index (κ1) is 20.1. The number of anilines is 1. The van der Waals surface area contributed by atoms with Gasteiger partial charge in [0.05, 0.1) is 6.04 Å². The Hall–Kier alpha value is -3.19. The van der Waals surface area contributed by atoms with Crippen LogP contribution in [0.25, 0.3) is 0 Å². The molecule has 1 atom stereocenters. The number of rotatable bonds is 5. The average molecular weight is 422 g/mol. The van der Waals surface area contributed by atoms with E-state index in [1.165, 1.54) is 0 Å². The Labute approximate surface area is 180 Å². The second kappa shape index (κ2) is 8.67. The fourth-order valence-corrected chi connectivity index (χ4v) is 4.04. The highest BCUT2D eigenvalue weighted by atomic mass is 32.1. The number of nitrogens with zero attached hydrogens (tertiary/aromatic N) is 1. The van der Waals surface area contributed by atoms with Crippen LogP contribution in [0.2, 0.25) is 0 Å². The van der Waals surface area contributed by atoms with Crippen LogP contribution in [0, 0.1) is 0 Å². The predicted molar refractivity (Wildman–Crippen MR) is 119 cm³/mol. The number of ketones is 1. The van der Waals surface area contributed by atoms with Crippen LogP contribution in [0.3, 0.4) is 0 Å². The lowest BCUT2D eigenvalue weighted by atomic mass is 9.85. The number of carbonyl (C=O) groups excluding carboxylic acids is 2. The normalized spacial score (nSPS) is 18.6. The van der Waals surface area contributed by atoms with E-state index in [4.69, 9.17) is 17.0 Å². The molecule has 0 saturated carbocycles. The third kappa shape index (κ3) is 4.21. The highest BCUT2D eigenvalue weighted by Crippen LogP contribution is 2.37. The third-order valence-corrected chi connectivity index (χ3v) is 5.73. The van der Waals surface area contributed by atoms with Crippen molar-refractivity contribution in [1.82, 2.24) is 10.2 Å². The maximum Gasteiger partial charge on any atom is 0.262 e. The summed E-state index contributed by atoms with van der Waals surface area (Å²) in [6, 6.07) is 16.4. The molecule has 1 aliphatic carbocycles. The van der Waals surface area contributed by atoms with Gasteiger partial charge in [-0.1, -0.05) is 30.3 Å². The lowest BCUT2D eigenvalue weighted by Crippen LogP contribution is -2.47. The zero-order chi connectivity index (χ0) is 21.1. The van der Waals surface area contributed by atoms with E-state index in [1.807, 2.05) is 66.5 Å². The zero-order valence-corrected chi connectivity index (χ0v) is 17.5. The molecular formula is C23H23N3O3S. The van der Waals surface area contributed by atoms with Gasteiger partial charge >= 0.3 is 0 Å². The minimum absolute atomic E-state index is 0.0847. The third-order valence-electron chi connectivity index (χ3n) is 5.34. The Kier molecular flexibility index (Phi) is 5.81. The van der Waals surface area contributed by atoms with Crippen molar-refractivity contribution in [2.75, 3.05) is 19.0 Å². The topological polar surface area (TPSA) is 70.7 Å². The maximum atomic E-state index is 12.6. The molecule has 2 aliphatic rings. The number of nitrogens with one attached hydrogen (secondary N) is 2. The molecule has 154 valence electrons. The van der Waals surface area contributed by atoms with Crippen LogP contribution < -0.4 is 15.4 Å².